The Morgan fingerprint density at radius 1 is 1.25 bits per heavy atom. The minimum absolute atomic E-state index is 0.0459. The van der Waals surface area contributed by atoms with Gasteiger partial charge in [-0.05, 0) is 34.6 Å². The lowest BCUT2D eigenvalue weighted by molar-refractivity contribution is -0.384. The summed E-state index contributed by atoms with van der Waals surface area (Å²) in [5.41, 5.74) is -1.30. The van der Waals surface area contributed by atoms with Gasteiger partial charge in [0.15, 0.2) is 0 Å². The van der Waals surface area contributed by atoms with E-state index in [9.17, 15) is 19.7 Å². The van der Waals surface area contributed by atoms with Gasteiger partial charge in [0.05, 0.1) is 11.0 Å². The van der Waals surface area contributed by atoms with Gasteiger partial charge in [-0.2, -0.15) is 0 Å². The monoisotopic (exact) mass is 338 g/mol. The van der Waals surface area contributed by atoms with Gasteiger partial charge in [-0.15, -0.1) is 0 Å². The van der Waals surface area contributed by atoms with Crippen LogP contribution >= 0.6 is 0 Å². The molecule has 0 heterocycles. The minimum atomic E-state index is -0.767. The third-order valence-corrected chi connectivity index (χ3v) is 2.59. The van der Waals surface area contributed by atoms with Crippen LogP contribution in [-0.4, -0.2) is 28.5 Å². The van der Waals surface area contributed by atoms with E-state index in [1.165, 1.54) is 13.0 Å². The fraction of sp³-hybridized carbons (Fsp3) is 0.500. The zero-order valence-corrected chi connectivity index (χ0v) is 14.6. The van der Waals surface area contributed by atoms with Crippen molar-refractivity contribution in [3.05, 3.63) is 27.8 Å². The number of nitro benzene ring substituents is 1. The van der Waals surface area contributed by atoms with Gasteiger partial charge < -0.3 is 14.8 Å². The number of benzene rings is 1. The van der Waals surface area contributed by atoms with Crippen LogP contribution in [0.1, 0.15) is 51.9 Å². The molecular weight excluding hydrogens is 316 g/mol. The van der Waals surface area contributed by atoms with Crippen molar-refractivity contribution >= 4 is 23.3 Å². The van der Waals surface area contributed by atoms with Crippen LogP contribution in [0.15, 0.2) is 12.1 Å². The van der Waals surface area contributed by atoms with Gasteiger partial charge in [0.25, 0.3) is 5.69 Å². The van der Waals surface area contributed by atoms with Crippen LogP contribution in [0.5, 0.6) is 5.75 Å². The van der Waals surface area contributed by atoms with Gasteiger partial charge in [-0.3, -0.25) is 14.9 Å². The van der Waals surface area contributed by atoms with E-state index in [4.69, 9.17) is 9.47 Å². The maximum absolute atomic E-state index is 12.4. The lowest BCUT2D eigenvalue weighted by Gasteiger charge is -2.21. The predicted molar refractivity (Wildman–Crippen MR) is 88.3 cm³/mol. The summed E-state index contributed by atoms with van der Waals surface area (Å²) in [7, 11) is 0. The van der Waals surface area contributed by atoms with E-state index in [0.29, 0.717) is 0 Å². The number of nitrogens with zero attached hydrogens (tertiary/aromatic N) is 1. The largest absolute Gasteiger partial charge is 0.490 e. The number of hydrogen-bond donors (Lipinski definition) is 1. The van der Waals surface area contributed by atoms with Gasteiger partial charge in [-0.25, -0.2) is 4.79 Å². The second kappa shape index (κ2) is 7.29. The molecule has 1 amide bonds. The molecule has 0 aromatic heterocycles. The molecule has 0 spiro atoms. The summed E-state index contributed by atoms with van der Waals surface area (Å²) in [5, 5.41) is 13.6. The Labute approximate surface area is 140 Å². The number of esters is 1. The molecule has 0 atom stereocenters. The predicted octanol–water partition coefficient (Wildman–Crippen LogP) is 3.30. The number of carbonyl (C=O) groups is 2. The smallest absolute Gasteiger partial charge is 0.342 e. The van der Waals surface area contributed by atoms with E-state index >= 15 is 0 Å². The lowest BCUT2D eigenvalue weighted by Crippen LogP contribution is -2.25. The van der Waals surface area contributed by atoms with E-state index in [2.05, 4.69) is 5.32 Å². The molecule has 1 N–H and O–H groups in total. The van der Waals surface area contributed by atoms with Crippen molar-refractivity contribution in [2.45, 2.75) is 53.2 Å². The standard InChI is InChI=1S/C16H22N2O6/c1-9(2)23-14-8-12(17-10(3)19)13(18(21)22)7-11(14)15(20)24-16(4,5)6/h7-9H,1-6H3,(H,17,19). The molecule has 8 heteroatoms. The van der Waals surface area contributed by atoms with Crippen LogP contribution < -0.4 is 10.1 Å². The molecule has 132 valence electrons. The van der Waals surface area contributed by atoms with Crippen LogP contribution in [0.4, 0.5) is 11.4 Å². The highest BCUT2D eigenvalue weighted by Gasteiger charge is 2.27. The third kappa shape index (κ3) is 5.53. The first-order valence-electron chi connectivity index (χ1n) is 7.40. The van der Waals surface area contributed by atoms with Crippen molar-refractivity contribution in [1.29, 1.82) is 0 Å². The summed E-state index contributed by atoms with van der Waals surface area (Å²) >= 11 is 0. The summed E-state index contributed by atoms with van der Waals surface area (Å²) in [6, 6.07) is 2.32. The number of nitrogens with one attached hydrogen (secondary N) is 1. The minimum Gasteiger partial charge on any atom is -0.490 e. The average Bonchev–Trinajstić information content (AvgIpc) is 2.34. The highest BCUT2D eigenvalue weighted by molar-refractivity contribution is 5.97. The van der Waals surface area contributed by atoms with E-state index in [1.54, 1.807) is 34.6 Å². The molecule has 24 heavy (non-hydrogen) atoms. The Bertz CT molecular complexity index is 661. The van der Waals surface area contributed by atoms with E-state index < -0.39 is 28.1 Å². The first kappa shape index (κ1) is 19.4. The Hall–Kier alpha value is -2.64. The molecule has 1 aromatic rings. The quantitative estimate of drug-likeness (QED) is 0.501. The van der Waals surface area contributed by atoms with E-state index in [-0.39, 0.29) is 23.1 Å². The molecule has 8 nitrogen and oxygen atoms in total. The van der Waals surface area contributed by atoms with Crippen LogP contribution in [0.2, 0.25) is 0 Å². The van der Waals surface area contributed by atoms with Crippen molar-refractivity contribution in [3.8, 4) is 5.75 Å². The van der Waals surface area contributed by atoms with Crippen LogP contribution in [0, 0.1) is 10.1 Å². The molecule has 0 aliphatic carbocycles. The van der Waals surface area contributed by atoms with Crippen LogP contribution in [-0.2, 0) is 9.53 Å². The van der Waals surface area contributed by atoms with Crippen LogP contribution in [0.3, 0.4) is 0 Å². The zero-order chi connectivity index (χ0) is 18.7. The normalized spacial score (nSPS) is 11.1. The molecule has 1 rings (SSSR count). The summed E-state index contributed by atoms with van der Waals surface area (Å²) in [5.74, 6) is -1.11. The number of ether oxygens (including phenoxy) is 2. The number of anilines is 1. The molecule has 0 fully saturated rings. The van der Waals surface area contributed by atoms with Crippen molar-refractivity contribution in [2.24, 2.45) is 0 Å². The van der Waals surface area contributed by atoms with Crippen molar-refractivity contribution in [1.82, 2.24) is 0 Å². The fourth-order valence-electron chi connectivity index (χ4n) is 1.85. The first-order chi connectivity index (χ1) is 10.9. The van der Waals surface area contributed by atoms with Gasteiger partial charge in [-0.1, -0.05) is 0 Å². The Morgan fingerprint density at radius 3 is 2.25 bits per heavy atom. The maximum Gasteiger partial charge on any atom is 0.342 e. The zero-order valence-electron chi connectivity index (χ0n) is 14.6. The molecule has 0 aliphatic rings. The molecule has 1 aromatic carbocycles. The number of carbonyl (C=O) groups excluding carboxylic acids is 2. The van der Waals surface area contributed by atoms with Crippen LogP contribution in [0.25, 0.3) is 0 Å². The molecule has 0 bridgehead atoms. The third-order valence-electron chi connectivity index (χ3n) is 2.59. The number of hydrogen-bond acceptors (Lipinski definition) is 6. The molecular formula is C16H22N2O6. The molecule has 0 saturated carbocycles. The average molecular weight is 338 g/mol. The highest BCUT2D eigenvalue weighted by Crippen LogP contribution is 2.34. The second-order valence-electron chi connectivity index (χ2n) is 6.47. The lowest BCUT2D eigenvalue weighted by atomic mass is 10.1. The SMILES string of the molecule is CC(=O)Nc1cc(OC(C)C)c(C(=O)OC(C)(C)C)cc1[N+](=O)[O-]. The Balaban J connectivity index is 3.48. The first-order valence-corrected chi connectivity index (χ1v) is 7.40. The number of amides is 1. The highest BCUT2D eigenvalue weighted by atomic mass is 16.6. The number of nitro groups is 1. The summed E-state index contributed by atoms with van der Waals surface area (Å²) in [6.45, 7) is 9.79. The molecule has 0 radical (unpaired) electrons. The summed E-state index contributed by atoms with van der Waals surface area (Å²) in [6.07, 6.45) is -0.280. The van der Waals surface area contributed by atoms with Gasteiger partial charge in [0.2, 0.25) is 5.91 Å². The summed E-state index contributed by atoms with van der Waals surface area (Å²) in [4.78, 5) is 34.2. The topological polar surface area (TPSA) is 108 Å². The Morgan fingerprint density at radius 2 is 1.83 bits per heavy atom. The maximum atomic E-state index is 12.4. The summed E-state index contributed by atoms with van der Waals surface area (Å²) < 4.78 is 10.8. The van der Waals surface area contributed by atoms with E-state index in [0.717, 1.165) is 6.07 Å². The Kier molecular flexibility index (Phi) is 5.89. The molecule has 0 saturated heterocycles. The second-order valence-corrected chi connectivity index (χ2v) is 6.47. The van der Waals surface area contributed by atoms with Crippen molar-refractivity contribution in [3.63, 3.8) is 0 Å². The van der Waals surface area contributed by atoms with Gasteiger partial charge >= 0.3 is 5.97 Å². The molecule has 0 aliphatic heterocycles. The van der Waals surface area contributed by atoms with Gasteiger partial charge in [0, 0.05) is 19.1 Å². The van der Waals surface area contributed by atoms with Gasteiger partial charge in [0.1, 0.15) is 22.6 Å². The van der Waals surface area contributed by atoms with Crippen molar-refractivity contribution in [2.75, 3.05) is 5.32 Å². The molecule has 0 unspecified atom stereocenters. The van der Waals surface area contributed by atoms with E-state index in [1.807, 2.05) is 0 Å². The number of rotatable bonds is 5. The van der Waals surface area contributed by atoms with Crippen molar-refractivity contribution < 1.29 is 24.0 Å². The fourth-order valence-corrected chi connectivity index (χ4v) is 1.85.